The topological polar surface area (TPSA) is 9.23 Å². The predicted octanol–water partition coefficient (Wildman–Crippen LogP) is 3.30. The Morgan fingerprint density at radius 3 is 2.00 bits per heavy atom. The summed E-state index contributed by atoms with van der Waals surface area (Å²) < 4.78 is 4.14. The molecule has 1 heterocycles. The molecule has 0 atom stereocenters. The van der Waals surface area contributed by atoms with Crippen molar-refractivity contribution in [1.82, 2.24) is 0 Å². The maximum atomic E-state index is 4.89. The Morgan fingerprint density at radius 2 is 1.90 bits per heavy atom. The van der Waals surface area contributed by atoms with Gasteiger partial charge in [0.15, 0.2) is 4.30 Å². The molecular weight excluding hydrogens is 194 g/mol. The lowest BCUT2D eigenvalue weighted by Gasteiger charge is -2.01. The van der Waals surface area contributed by atoms with Crippen molar-refractivity contribution >= 4 is 34.8 Å². The average molecular weight is 203 g/mol. The van der Waals surface area contributed by atoms with Gasteiger partial charge in [0.25, 0.3) is 0 Å². The van der Waals surface area contributed by atoms with Gasteiger partial charge in [0.2, 0.25) is 0 Å². The molecule has 1 rings (SSSR count). The molecule has 0 radical (unpaired) electrons. The first-order valence-electron chi connectivity index (χ1n) is 2.92. The lowest BCUT2D eigenvalue weighted by Crippen LogP contribution is -1.90. The van der Waals surface area contributed by atoms with Crippen LogP contribution in [0.15, 0.2) is 12.3 Å². The third-order valence-corrected chi connectivity index (χ3v) is 0.825. The van der Waals surface area contributed by atoms with E-state index in [1.807, 2.05) is 6.08 Å². The standard InChI is InChI=1S/C5H8O.CHCl3/c1-2-4-6-5-3-1;2-1(3)4/h2,4H,1,3,5H2;1H. The van der Waals surface area contributed by atoms with Crippen LogP contribution < -0.4 is 0 Å². The summed E-state index contributed by atoms with van der Waals surface area (Å²) in [7, 11) is 0. The summed E-state index contributed by atoms with van der Waals surface area (Å²) in [6.07, 6.45) is 6.20. The fraction of sp³-hybridized carbons (Fsp3) is 0.667. The molecule has 0 aliphatic carbocycles. The van der Waals surface area contributed by atoms with E-state index in [1.54, 1.807) is 6.26 Å². The number of rotatable bonds is 0. The predicted molar refractivity (Wildman–Crippen MR) is 45.7 cm³/mol. The van der Waals surface area contributed by atoms with Crippen LogP contribution in [0.5, 0.6) is 0 Å². The number of alkyl halides is 3. The second kappa shape index (κ2) is 7.52. The molecule has 4 heteroatoms. The summed E-state index contributed by atoms with van der Waals surface area (Å²) in [5.74, 6) is 0. The minimum atomic E-state index is -0.750. The van der Waals surface area contributed by atoms with Crippen LogP contribution in [0.4, 0.5) is 0 Å². The van der Waals surface area contributed by atoms with Crippen LogP contribution in [0.2, 0.25) is 0 Å². The van der Waals surface area contributed by atoms with E-state index in [1.165, 1.54) is 12.8 Å². The van der Waals surface area contributed by atoms with Gasteiger partial charge in [0.1, 0.15) is 0 Å². The molecule has 0 bridgehead atoms. The van der Waals surface area contributed by atoms with E-state index < -0.39 is 4.30 Å². The Balaban J connectivity index is 0.000000180. The van der Waals surface area contributed by atoms with Crippen LogP contribution in [0.25, 0.3) is 0 Å². The van der Waals surface area contributed by atoms with Crippen LogP contribution in [0.3, 0.4) is 0 Å². The highest BCUT2D eigenvalue weighted by Gasteiger charge is 1.86. The van der Waals surface area contributed by atoms with Gasteiger partial charge in [-0.2, -0.15) is 0 Å². The number of allylic oxidation sites excluding steroid dienone is 1. The van der Waals surface area contributed by atoms with Crippen LogP contribution in [0.1, 0.15) is 12.8 Å². The van der Waals surface area contributed by atoms with Crippen molar-refractivity contribution in [3.63, 3.8) is 0 Å². The average Bonchev–Trinajstić information content (AvgIpc) is 1.90. The Hall–Kier alpha value is 0.410. The summed E-state index contributed by atoms with van der Waals surface area (Å²) in [5, 5.41) is 0. The summed E-state index contributed by atoms with van der Waals surface area (Å²) in [6, 6.07) is 0. The minimum Gasteiger partial charge on any atom is -0.502 e. The summed E-state index contributed by atoms with van der Waals surface area (Å²) in [5.41, 5.74) is 0. The molecule has 10 heavy (non-hydrogen) atoms. The smallest absolute Gasteiger partial charge is 0.180 e. The second-order valence-electron chi connectivity index (χ2n) is 1.63. The van der Waals surface area contributed by atoms with E-state index in [0.29, 0.717) is 0 Å². The first-order valence-corrected chi connectivity index (χ1v) is 4.23. The molecule has 0 saturated carbocycles. The molecule has 0 aromatic carbocycles. The second-order valence-corrected chi connectivity index (χ2v) is 3.61. The van der Waals surface area contributed by atoms with E-state index in [4.69, 9.17) is 39.5 Å². The van der Waals surface area contributed by atoms with Gasteiger partial charge in [0.05, 0.1) is 12.9 Å². The molecule has 1 aliphatic rings. The SMILES string of the molecule is C1=COCCC1.ClC(Cl)Cl. The highest BCUT2D eigenvalue weighted by molar-refractivity contribution is 6.63. The largest absolute Gasteiger partial charge is 0.502 e. The maximum absolute atomic E-state index is 4.89. The Labute approximate surface area is 75.9 Å². The number of hydrogen-bond donors (Lipinski definition) is 0. The van der Waals surface area contributed by atoms with Crippen molar-refractivity contribution in [3.8, 4) is 0 Å². The van der Waals surface area contributed by atoms with Crippen molar-refractivity contribution in [2.75, 3.05) is 6.61 Å². The van der Waals surface area contributed by atoms with Gasteiger partial charge < -0.3 is 4.74 Å². The molecule has 0 N–H and O–H groups in total. The summed E-state index contributed by atoms with van der Waals surface area (Å²) in [6.45, 7) is 0.913. The first kappa shape index (κ1) is 10.4. The van der Waals surface area contributed by atoms with Crippen molar-refractivity contribution in [1.29, 1.82) is 0 Å². The number of ether oxygens (including phenoxy) is 1. The molecule has 0 amide bonds. The Kier molecular flexibility index (Phi) is 7.82. The lowest BCUT2D eigenvalue weighted by atomic mass is 10.3. The molecule has 0 unspecified atom stereocenters. The van der Waals surface area contributed by atoms with E-state index >= 15 is 0 Å². The zero-order chi connectivity index (χ0) is 7.82. The van der Waals surface area contributed by atoms with E-state index in [-0.39, 0.29) is 0 Å². The fourth-order valence-corrected chi connectivity index (χ4v) is 0.489. The van der Waals surface area contributed by atoms with Gasteiger partial charge in [-0.3, -0.25) is 0 Å². The fourth-order valence-electron chi connectivity index (χ4n) is 0.489. The summed E-state index contributed by atoms with van der Waals surface area (Å²) in [4.78, 5) is 0. The normalized spacial score (nSPS) is 15.6. The highest BCUT2D eigenvalue weighted by atomic mass is 35.6. The third kappa shape index (κ3) is 11.2. The molecule has 1 aliphatic heterocycles. The van der Waals surface area contributed by atoms with E-state index in [2.05, 4.69) is 0 Å². The van der Waals surface area contributed by atoms with Crippen LogP contribution in [0, 0.1) is 0 Å². The Morgan fingerprint density at radius 1 is 1.30 bits per heavy atom. The van der Waals surface area contributed by atoms with Gasteiger partial charge >= 0.3 is 0 Å². The molecule has 1 nitrogen and oxygen atoms in total. The lowest BCUT2D eigenvalue weighted by molar-refractivity contribution is 0.231. The third-order valence-electron chi connectivity index (χ3n) is 0.825. The highest BCUT2D eigenvalue weighted by Crippen LogP contribution is 2.03. The number of hydrogen-bond acceptors (Lipinski definition) is 1. The molecule has 60 valence electrons. The van der Waals surface area contributed by atoms with Crippen molar-refractivity contribution in [2.45, 2.75) is 17.1 Å². The molecule has 0 fully saturated rings. The van der Waals surface area contributed by atoms with Crippen molar-refractivity contribution in [3.05, 3.63) is 12.3 Å². The summed E-state index contributed by atoms with van der Waals surface area (Å²) >= 11 is 14.4. The minimum absolute atomic E-state index is 0.750. The zero-order valence-corrected chi connectivity index (χ0v) is 7.66. The van der Waals surface area contributed by atoms with Crippen LogP contribution in [-0.4, -0.2) is 10.9 Å². The number of halogens is 3. The molecular formula is C6H9Cl3O. The van der Waals surface area contributed by atoms with Gasteiger partial charge in [-0.1, -0.05) is 34.8 Å². The molecule has 0 spiro atoms. The van der Waals surface area contributed by atoms with Gasteiger partial charge in [-0.25, -0.2) is 0 Å². The van der Waals surface area contributed by atoms with Gasteiger partial charge in [-0.15, -0.1) is 0 Å². The maximum Gasteiger partial charge on any atom is 0.180 e. The van der Waals surface area contributed by atoms with Crippen molar-refractivity contribution < 1.29 is 4.74 Å². The quantitative estimate of drug-likeness (QED) is 0.549. The first-order chi connectivity index (χ1) is 4.73. The van der Waals surface area contributed by atoms with Gasteiger partial charge in [0, 0.05) is 0 Å². The zero-order valence-electron chi connectivity index (χ0n) is 5.40. The van der Waals surface area contributed by atoms with Gasteiger partial charge in [-0.05, 0) is 18.9 Å². The Bertz CT molecular complexity index is 82.2. The molecule has 0 aromatic heterocycles. The monoisotopic (exact) mass is 202 g/mol. The van der Waals surface area contributed by atoms with E-state index in [0.717, 1.165) is 6.61 Å². The van der Waals surface area contributed by atoms with Crippen LogP contribution in [-0.2, 0) is 4.74 Å². The van der Waals surface area contributed by atoms with Crippen molar-refractivity contribution in [2.24, 2.45) is 0 Å². The molecule has 0 saturated heterocycles. The molecule has 0 aromatic rings. The van der Waals surface area contributed by atoms with Crippen LogP contribution >= 0.6 is 34.8 Å². The van der Waals surface area contributed by atoms with E-state index in [9.17, 15) is 0 Å².